The molecular weight excluding hydrogens is 465 g/mol. The fraction of sp³-hybridized carbons (Fsp3) is 0.226. The Hall–Kier alpha value is -4.19. The van der Waals surface area contributed by atoms with Crippen LogP contribution in [0.4, 0.5) is 10.1 Å². The van der Waals surface area contributed by atoms with Crippen LogP contribution in [-0.2, 0) is 13.1 Å². The number of pyridine rings is 1. The molecule has 0 aliphatic carbocycles. The van der Waals surface area contributed by atoms with Crippen molar-refractivity contribution in [3.63, 3.8) is 0 Å². The zero-order valence-electron chi connectivity index (χ0n) is 20.4. The third-order valence-electron chi connectivity index (χ3n) is 7.53. The monoisotopic (exact) mass is 493 g/mol. The Morgan fingerprint density at radius 2 is 1.57 bits per heavy atom. The number of amides is 1. The van der Waals surface area contributed by atoms with Crippen LogP contribution in [0.15, 0.2) is 95.8 Å². The molecule has 6 rings (SSSR count). The Balaban J connectivity index is 1.17. The van der Waals surface area contributed by atoms with Gasteiger partial charge in [0.1, 0.15) is 11.5 Å². The molecule has 5 nitrogen and oxygen atoms in total. The number of nitrogens with one attached hydrogen (secondary N) is 1. The van der Waals surface area contributed by atoms with Crippen molar-refractivity contribution in [1.82, 2.24) is 9.47 Å². The lowest BCUT2D eigenvalue weighted by Crippen LogP contribution is -2.49. The first-order valence-corrected chi connectivity index (χ1v) is 12.7. The van der Waals surface area contributed by atoms with Crippen LogP contribution in [0, 0.1) is 11.7 Å². The molecule has 0 radical (unpaired) electrons. The number of rotatable bonds is 5. The lowest BCUT2D eigenvalue weighted by molar-refractivity contribution is 0.0594. The van der Waals surface area contributed by atoms with Crippen LogP contribution in [-0.4, -0.2) is 28.5 Å². The van der Waals surface area contributed by atoms with E-state index in [4.69, 9.17) is 0 Å². The van der Waals surface area contributed by atoms with E-state index in [0.29, 0.717) is 37.4 Å². The van der Waals surface area contributed by atoms with Gasteiger partial charge >= 0.3 is 0 Å². The molecule has 2 aliphatic heterocycles. The van der Waals surface area contributed by atoms with Gasteiger partial charge in [0.05, 0.1) is 0 Å². The molecule has 0 spiro atoms. The number of halogens is 1. The standard InChI is InChI=1S/C31H28FN3O2/c32-27-12-6-21(7-13-27)17-33-28-14-15-29-26-16-22(19-35(29)31(28)37)18-34(20-26)30(36)25-10-8-24(9-11-25)23-4-2-1-3-5-23/h1-15,22,26,33H,16-20H2/t22-,26-/m1/s1. The third kappa shape index (κ3) is 4.67. The zero-order valence-corrected chi connectivity index (χ0v) is 20.4. The molecule has 186 valence electrons. The lowest BCUT2D eigenvalue weighted by atomic mass is 9.83. The van der Waals surface area contributed by atoms with Gasteiger partial charge in [-0.1, -0.05) is 54.6 Å². The van der Waals surface area contributed by atoms with Crippen molar-refractivity contribution in [2.24, 2.45) is 5.92 Å². The number of aromatic nitrogens is 1. The summed E-state index contributed by atoms with van der Waals surface area (Å²) in [6.07, 6.45) is 0.985. The molecule has 37 heavy (non-hydrogen) atoms. The average molecular weight is 494 g/mol. The van der Waals surface area contributed by atoms with E-state index < -0.39 is 0 Å². The summed E-state index contributed by atoms with van der Waals surface area (Å²) in [6.45, 7) is 2.31. The molecule has 1 aromatic heterocycles. The number of carbonyl (C=O) groups excluding carboxylic acids is 1. The smallest absolute Gasteiger partial charge is 0.274 e. The second kappa shape index (κ2) is 9.69. The van der Waals surface area contributed by atoms with E-state index >= 15 is 0 Å². The highest BCUT2D eigenvalue weighted by Gasteiger charge is 2.36. The fourth-order valence-electron chi connectivity index (χ4n) is 5.66. The lowest BCUT2D eigenvalue weighted by Gasteiger charge is -2.43. The van der Waals surface area contributed by atoms with Crippen molar-refractivity contribution in [2.75, 3.05) is 18.4 Å². The molecule has 1 saturated heterocycles. The molecule has 0 unspecified atom stereocenters. The number of hydrogen-bond donors (Lipinski definition) is 1. The maximum Gasteiger partial charge on any atom is 0.274 e. The molecule has 4 aromatic rings. The highest BCUT2D eigenvalue weighted by molar-refractivity contribution is 5.95. The van der Waals surface area contributed by atoms with Crippen LogP contribution >= 0.6 is 0 Å². The number of likely N-dealkylation sites (tertiary alicyclic amines) is 1. The van der Waals surface area contributed by atoms with E-state index in [1.165, 1.54) is 12.1 Å². The molecular formula is C31H28FN3O2. The minimum Gasteiger partial charge on any atom is -0.377 e. The maximum absolute atomic E-state index is 13.4. The van der Waals surface area contributed by atoms with Crippen LogP contribution in [0.5, 0.6) is 0 Å². The van der Waals surface area contributed by atoms with Crippen LogP contribution in [0.2, 0.25) is 0 Å². The van der Waals surface area contributed by atoms with Crippen molar-refractivity contribution in [1.29, 1.82) is 0 Å². The highest BCUT2D eigenvalue weighted by atomic mass is 19.1. The van der Waals surface area contributed by atoms with E-state index in [2.05, 4.69) is 17.4 Å². The number of carbonyl (C=O) groups is 1. The SMILES string of the molecule is O=C(c1ccc(-c2ccccc2)cc1)N1C[C@H]2C[C@H](C1)c1ccc(NCc3ccc(F)cc3)c(=O)n1C2. The average Bonchev–Trinajstić information content (AvgIpc) is 2.94. The molecule has 2 bridgehead atoms. The van der Waals surface area contributed by atoms with Gasteiger partial charge in [0.15, 0.2) is 0 Å². The van der Waals surface area contributed by atoms with E-state index in [1.807, 2.05) is 64.1 Å². The van der Waals surface area contributed by atoms with Gasteiger partial charge in [0.2, 0.25) is 0 Å². The van der Waals surface area contributed by atoms with Crippen molar-refractivity contribution in [3.8, 4) is 11.1 Å². The van der Waals surface area contributed by atoms with Crippen molar-refractivity contribution >= 4 is 11.6 Å². The van der Waals surface area contributed by atoms with Gasteiger partial charge < -0.3 is 14.8 Å². The Morgan fingerprint density at radius 1 is 0.838 bits per heavy atom. The summed E-state index contributed by atoms with van der Waals surface area (Å²) in [4.78, 5) is 28.6. The molecule has 2 atom stereocenters. The molecule has 1 amide bonds. The number of anilines is 1. The minimum atomic E-state index is -0.277. The van der Waals surface area contributed by atoms with E-state index in [1.54, 1.807) is 12.1 Å². The summed E-state index contributed by atoms with van der Waals surface area (Å²) >= 11 is 0. The summed E-state index contributed by atoms with van der Waals surface area (Å²) in [5.74, 6) is 0.145. The summed E-state index contributed by atoms with van der Waals surface area (Å²) in [7, 11) is 0. The summed E-state index contributed by atoms with van der Waals surface area (Å²) in [6, 6.07) is 28.1. The first-order chi connectivity index (χ1) is 18.0. The molecule has 3 heterocycles. The Morgan fingerprint density at radius 3 is 2.32 bits per heavy atom. The molecule has 1 fully saturated rings. The van der Waals surface area contributed by atoms with Crippen molar-refractivity contribution in [2.45, 2.75) is 25.4 Å². The Labute approximate surface area is 215 Å². The molecule has 1 N–H and O–H groups in total. The molecule has 3 aromatic carbocycles. The maximum atomic E-state index is 13.4. The number of piperidine rings is 1. The van der Waals surface area contributed by atoms with E-state index in [9.17, 15) is 14.0 Å². The highest BCUT2D eigenvalue weighted by Crippen LogP contribution is 2.36. The normalized spacial score (nSPS) is 18.2. The number of nitrogens with zero attached hydrogens (tertiary/aromatic N) is 2. The van der Waals surface area contributed by atoms with Gasteiger partial charge in [-0.15, -0.1) is 0 Å². The molecule has 0 saturated carbocycles. The predicted molar refractivity (Wildman–Crippen MR) is 143 cm³/mol. The van der Waals surface area contributed by atoms with Gasteiger partial charge in [-0.2, -0.15) is 0 Å². The second-order valence-corrected chi connectivity index (χ2v) is 10.0. The first-order valence-electron chi connectivity index (χ1n) is 12.7. The first kappa shape index (κ1) is 23.2. The predicted octanol–water partition coefficient (Wildman–Crippen LogP) is 5.53. The van der Waals surface area contributed by atoms with Gasteiger partial charge in [-0.3, -0.25) is 9.59 Å². The van der Waals surface area contributed by atoms with Gasteiger partial charge in [0.25, 0.3) is 11.5 Å². The second-order valence-electron chi connectivity index (χ2n) is 10.0. The Bertz CT molecular complexity index is 1480. The number of benzene rings is 3. The van der Waals surface area contributed by atoms with Crippen LogP contribution in [0.3, 0.4) is 0 Å². The van der Waals surface area contributed by atoms with Gasteiger partial charge in [-0.05, 0) is 65.4 Å². The van der Waals surface area contributed by atoms with E-state index in [-0.39, 0.29) is 29.1 Å². The topological polar surface area (TPSA) is 54.3 Å². The summed E-state index contributed by atoms with van der Waals surface area (Å²) in [5.41, 5.74) is 5.31. The third-order valence-corrected chi connectivity index (χ3v) is 7.53. The molecule has 6 heteroatoms. The van der Waals surface area contributed by atoms with Crippen LogP contribution < -0.4 is 10.9 Å². The van der Waals surface area contributed by atoms with Crippen LogP contribution in [0.25, 0.3) is 11.1 Å². The summed E-state index contributed by atoms with van der Waals surface area (Å²) in [5, 5.41) is 3.21. The van der Waals surface area contributed by atoms with Crippen molar-refractivity contribution in [3.05, 3.63) is 124 Å². The van der Waals surface area contributed by atoms with Crippen LogP contribution in [0.1, 0.15) is 34.0 Å². The van der Waals surface area contributed by atoms with Gasteiger partial charge in [-0.25, -0.2) is 4.39 Å². The zero-order chi connectivity index (χ0) is 25.4. The Kier molecular flexibility index (Phi) is 6.08. The minimum absolute atomic E-state index is 0.0365. The van der Waals surface area contributed by atoms with Crippen molar-refractivity contribution < 1.29 is 9.18 Å². The fourth-order valence-corrected chi connectivity index (χ4v) is 5.66. The quantitative estimate of drug-likeness (QED) is 0.398. The number of hydrogen-bond acceptors (Lipinski definition) is 3. The summed E-state index contributed by atoms with van der Waals surface area (Å²) < 4.78 is 15.0. The van der Waals surface area contributed by atoms with E-state index in [0.717, 1.165) is 28.8 Å². The van der Waals surface area contributed by atoms with Gasteiger partial charge in [0, 0.05) is 43.4 Å². The largest absolute Gasteiger partial charge is 0.377 e. The molecule has 2 aliphatic rings. The number of fused-ring (bicyclic) bond motifs is 4.